The zero-order valence-electron chi connectivity index (χ0n) is 16.8. The van der Waals surface area contributed by atoms with Crippen molar-refractivity contribution >= 4 is 28.6 Å². The van der Waals surface area contributed by atoms with Crippen LogP contribution in [0.25, 0.3) is 11.2 Å². The Kier molecular flexibility index (Phi) is 8.82. The van der Waals surface area contributed by atoms with E-state index in [2.05, 4.69) is 30.1 Å². The first-order valence-corrected chi connectivity index (χ1v) is 9.95. The number of imidazole rings is 1. The number of rotatable bonds is 7. The molecule has 1 saturated heterocycles. The summed E-state index contributed by atoms with van der Waals surface area (Å²) >= 11 is 6.12. The molecule has 0 amide bonds. The van der Waals surface area contributed by atoms with Gasteiger partial charge in [-0.1, -0.05) is 24.7 Å². The van der Waals surface area contributed by atoms with Gasteiger partial charge in [0, 0.05) is 6.04 Å². The number of ether oxygens (including phenoxy) is 1. The van der Waals surface area contributed by atoms with Gasteiger partial charge in [0.05, 0.1) is 12.9 Å². The van der Waals surface area contributed by atoms with Crippen molar-refractivity contribution in [2.24, 2.45) is 0 Å². The molecule has 0 unspecified atom stereocenters. The van der Waals surface area contributed by atoms with Crippen molar-refractivity contribution in [2.45, 2.75) is 62.7 Å². The molecule has 2 aromatic heterocycles. The maximum absolute atomic E-state index is 10.8. The van der Waals surface area contributed by atoms with E-state index in [0.29, 0.717) is 17.0 Å². The van der Waals surface area contributed by atoms with E-state index in [1.807, 2.05) is 0 Å². The van der Waals surface area contributed by atoms with Gasteiger partial charge in [-0.2, -0.15) is 9.97 Å². The molecule has 0 aromatic carbocycles. The summed E-state index contributed by atoms with van der Waals surface area (Å²) in [5, 5.41) is 42.5. The van der Waals surface area contributed by atoms with E-state index < -0.39 is 36.5 Å². The normalized spacial score (nSPS) is 27.0. The molecule has 0 bridgehead atoms. The number of aromatic nitrogens is 4. The van der Waals surface area contributed by atoms with Crippen LogP contribution in [0.15, 0.2) is 6.33 Å². The first-order valence-electron chi connectivity index (χ1n) is 9.58. The molecular weight excluding hydrogens is 447 g/mol. The number of aliphatic hydroxyl groups is 2. The zero-order valence-corrected chi connectivity index (χ0v) is 19.6. The van der Waals surface area contributed by atoms with Crippen LogP contribution in [0.2, 0.25) is 5.28 Å². The van der Waals surface area contributed by atoms with Crippen molar-refractivity contribution < 1.29 is 59.6 Å². The summed E-state index contributed by atoms with van der Waals surface area (Å²) < 4.78 is 7.07. The third-order valence-corrected chi connectivity index (χ3v) is 5.53. The molecular formula is C16H22ClN6NaO7. The Hall–Kier alpha value is -0.680. The summed E-state index contributed by atoms with van der Waals surface area (Å²) in [5.74, 6) is 0.491. The molecule has 4 rings (SSSR count). The van der Waals surface area contributed by atoms with Crippen molar-refractivity contribution in [3.8, 4) is 0 Å². The smallest absolute Gasteiger partial charge is 0.736 e. The van der Waals surface area contributed by atoms with Gasteiger partial charge in [-0.05, 0) is 24.4 Å². The third kappa shape index (κ3) is 5.46. The van der Waals surface area contributed by atoms with Crippen LogP contribution in [-0.4, -0.2) is 71.3 Å². The molecule has 0 radical (unpaired) electrons. The summed E-state index contributed by atoms with van der Waals surface area (Å²) in [4.78, 5) is 20.6. The molecule has 2 aromatic rings. The van der Waals surface area contributed by atoms with Gasteiger partial charge in [0.25, 0.3) is 0 Å². The van der Waals surface area contributed by atoms with Crippen LogP contribution >= 0.6 is 11.6 Å². The third-order valence-electron chi connectivity index (χ3n) is 5.36. The van der Waals surface area contributed by atoms with Crippen LogP contribution in [0.5, 0.6) is 0 Å². The Morgan fingerprint density at radius 1 is 1.26 bits per heavy atom. The van der Waals surface area contributed by atoms with Gasteiger partial charge in [0.2, 0.25) is 5.28 Å². The van der Waals surface area contributed by atoms with Crippen LogP contribution in [-0.2, 0) is 14.6 Å². The summed E-state index contributed by atoms with van der Waals surface area (Å²) in [7, 11) is 0. The van der Waals surface area contributed by atoms with E-state index in [-0.39, 0.29) is 40.9 Å². The summed E-state index contributed by atoms with van der Waals surface area (Å²) in [6.45, 7) is -0.477. The number of halogens is 1. The second kappa shape index (κ2) is 11.0. The van der Waals surface area contributed by atoms with E-state index in [0.717, 1.165) is 25.7 Å². The van der Waals surface area contributed by atoms with Crippen LogP contribution < -0.4 is 34.9 Å². The minimum absolute atomic E-state index is 0. The topological polar surface area (TPSA) is 170 Å². The number of anilines is 1. The number of nitrogens with one attached hydrogen (secondary N) is 1. The Balaban J connectivity index is 0.00000272. The SMILES string of the molecule is [Na+].[O-]N(OO)OC[C@H]1O[C@@H](n2cnc3c(NC4CCCCC4)nc(Cl)nc32)[C@H](O)[C@@H]1O. The summed E-state index contributed by atoms with van der Waals surface area (Å²) in [6.07, 6.45) is 2.06. The molecule has 4 atom stereocenters. The molecule has 31 heavy (non-hydrogen) atoms. The minimum atomic E-state index is -1.38. The fraction of sp³-hybridized carbons (Fsp3) is 0.688. The predicted molar refractivity (Wildman–Crippen MR) is 102 cm³/mol. The van der Waals surface area contributed by atoms with Gasteiger partial charge in [-0.3, -0.25) is 9.40 Å². The van der Waals surface area contributed by atoms with Crippen molar-refractivity contribution in [1.29, 1.82) is 0 Å². The van der Waals surface area contributed by atoms with Crippen molar-refractivity contribution in [2.75, 3.05) is 11.9 Å². The molecule has 3 heterocycles. The number of nitrogens with zero attached hydrogens (tertiary/aromatic N) is 5. The molecule has 4 N–H and O–H groups in total. The second-order valence-electron chi connectivity index (χ2n) is 7.29. The fourth-order valence-corrected chi connectivity index (χ4v) is 4.04. The Morgan fingerprint density at radius 3 is 2.71 bits per heavy atom. The molecule has 1 saturated carbocycles. The molecule has 2 aliphatic rings. The first-order chi connectivity index (χ1) is 14.5. The van der Waals surface area contributed by atoms with Crippen LogP contribution in [0.3, 0.4) is 0 Å². The largest absolute Gasteiger partial charge is 1.00 e. The molecule has 1 aliphatic heterocycles. The van der Waals surface area contributed by atoms with Gasteiger partial charge < -0.3 is 25.5 Å². The number of hydrogen-bond acceptors (Lipinski definition) is 12. The van der Waals surface area contributed by atoms with Crippen LogP contribution in [0.1, 0.15) is 38.3 Å². The van der Waals surface area contributed by atoms with Crippen LogP contribution in [0, 0.1) is 5.21 Å². The zero-order chi connectivity index (χ0) is 21.3. The van der Waals surface area contributed by atoms with Crippen molar-refractivity contribution in [3.63, 3.8) is 0 Å². The molecule has 0 spiro atoms. The monoisotopic (exact) mass is 468 g/mol. The van der Waals surface area contributed by atoms with E-state index in [4.69, 9.17) is 21.6 Å². The standard InChI is InChI=1S/C16H22ClN6O7.Na/c17-16-20-13(19-8-4-2-1-3-5-8)10-14(21-16)22(7-18-10)15-12(25)11(24)9(29-15)6-28-23(26)30-27;/h7-9,11-12,15,24-25,27H,1-6H2,(H,19,20,21);/q-1;+1/t9-,11-,12-,15-;/m1./s1. The average molecular weight is 469 g/mol. The van der Waals surface area contributed by atoms with Crippen molar-refractivity contribution in [3.05, 3.63) is 16.8 Å². The molecule has 2 fully saturated rings. The number of hydrogen-bond donors (Lipinski definition) is 4. The van der Waals surface area contributed by atoms with Gasteiger partial charge >= 0.3 is 29.6 Å². The Bertz CT molecular complexity index is 872. The summed E-state index contributed by atoms with van der Waals surface area (Å²) in [5.41, 5.74) is 0.768. The first kappa shape index (κ1) is 25.0. The van der Waals surface area contributed by atoms with Gasteiger partial charge in [0.1, 0.15) is 18.3 Å². The van der Waals surface area contributed by atoms with E-state index in [1.165, 1.54) is 17.3 Å². The average Bonchev–Trinajstić information content (AvgIpc) is 3.28. The van der Waals surface area contributed by atoms with Gasteiger partial charge in [-0.15, -0.1) is 4.99 Å². The number of aliphatic hydroxyl groups excluding tert-OH is 2. The molecule has 13 nitrogen and oxygen atoms in total. The Labute approximate surface area is 204 Å². The molecule has 1 aliphatic carbocycles. The quantitative estimate of drug-likeness (QED) is 0.152. The molecule has 166 valence electrons. The summed E-state index contributed by atoms with van der Waals surface area (Å²) in [6, 6.07) is 0.263. The molecule has 15 heteroatoms. The fourth-order valence-electron chi connectivity index (χ4n) is 3.87. The minimum Gasteiger partial charge on any atom is -0.736 e. The Morgan fingerprint density at radius 2 is 2.00 bits per heavy atom. The van der Waals surface area contributed by atoms with E-state index in [1.54, 1.807) is 0 Å². The maximum Gasteiger partial charge on any atom is 1.00 e. The van der Waals surface area contributed by atoms with Crippen LogP contribution in [0.4, 0.5) is 5.82 Å². The number of fused-ring (bicyclic) bond motifs is 1. The van der Waals surface area contributed by atoms with E-state index >= 15 is 0 Å². The van der Waals surface area contributed by atoms with E-state index in [9.17, 15) is 15.4 Å². The van der Waals surface area contributed by atoms with Gasteiger partial charge in [-0.25, -0.2) is 10.2 Å². The predicted octanol–water partition coefficient (Wildman–Crippen LogP) is -2.02. The van der Waals surface area contributed by atoms with Crippen molar-refractivity contribution in [1.82, 2.24) is 24.9 Å². The second-order valence-corrected chi connectivity index (χ2v) is 7.63. The van der Waals surface area contributed by atoms with Gasteiger partial charge in [0.15, 0.2) is 23.2 Å². The maximum atomic E-state index is 10.8.